The van der Waals surface area contributed by atoms with E-state index in [-0.39, 0.29) is 12.1 Å². The summed E-state index contributed by atoms with van der Waals surface area (Å²) in [5.74, 6) is 0.862. The first kappa shape index (κ1) is 22.9. The molecule has 178 valence electrons. The summed E-state index contributed by atoms with van der Waals surface area (Å²) >= 11 is 8.26. The van der Waals surface area contributed by atoms with Gasteiger partial charge < -0.3 is 18.9 Å². The number of thiophene rings is 1. The van der Waals surface area contributed by atoms with Gasteiger partial charge in [0.05, 0.1) is 23.2 Å². The summed E-state index contributed by atoms with van der Waals surface area (Å²) in [6, 6.07) is 6.44. The van der Waals surface area contributed by atoms with Crippen LogP contribution in [0.1, 0.15) is 38.8 Å². The second-order valence-corrected chi connectivity index (χ2v) is 11.1. The second-order valence-electron chi connectivity index (χ2n) is 9.68. The zero-order chi connectivity index (χ0) is 24.2. The fourth-order valence-electron chi connectivity index (χ4n) is 4.52. The number of carbonyl (C=O) groups excluding carboxylic acids is 1. The van der Waals surface area contributed by atoms with Gasteiger partial charge in [-0.05, 0) is 57.2 Å². The molecule has 0 saturated carbocycles. The van der Waals surface area contributed by atoms with Crippen LogP contribution in [0.5, 0.6) is 5.75 Å². The smallest absolute Gasteiger partial charge is 0.410 e. The van der Waals surface area contributed by atoms with E-state index in [2.05, 4.69) is 39.8 Å². The van der Waals surface area contributed by atoms with Gasteiger partial charge in [-0.15, -0.1) is 11.3 Å². The number of fused-ring (bicyclic) bond motifs is 2. The van der Waals surface area contributed by atoms with E-state index in [9.17, 15) is 4.79 Å². The largest absolute Gasteiger partial charge is 0.495 e. The summed E-state index contributed by atoms with van der Waals surface area (Å²) < 4.78 is 14.4. The average molecular weight is 499 g/mol. The van der Waals surface area contributed by atoms with Gasteiger partial charge in [-0.2, -0.15) is 0 Å². The Morgan fingerprint density at radius 1 is 1.24 bits per heavy atom. The highest BCUT2D eigenvalue weighted by molar-refractivity contribution is 7.22. The van der Waals surface area contributed by atoms with Crippen LogP contribution in [-0.2, 0) is 4.74 Å². The van der Waals surface area contributed by atoms with Crippen LogP contribution in [0.2, 0.25) is 5.15 Å². The van der Waals surface area contributed by atoms with Crippen LogP contribution in [-0.4, -0.2) is 51.3 Å². The molecule has 1 fully saturated rings. The molecule has 1 amide bonds. The predicted molar refractivity (Wildman–Crippen MR) is 136 cm³/mol. The van der Waals surface area contributed by atoms with Crippen molar-refractivity contribution >= 4 is 50.2 Å². The molecular weight excluding hydrogens is 472 g/mol. The van der Waals surface area contributed by atoms with E-state index in [0.717, 1.165) is 49.3 Å². The third-order valence-electron chi connectivity index (χ3n) is 5.98. The van der Waals surface area contributed by atoms with Gasteiger partial charge in [0.2, 0.25) is 0 Å². The number of halogens is 1. The van der Waals surface area contributed by atoms with Crippen molar-refractivity contribution in [2.45, 2.75) is 45.8 Å². The van der Waals surface area contributed by atoms with Crippen molar-refractivity contribution in [1.82, 2.24) is 19.4 Å². The molecule has 0 aliphatic carbocycles. The van der Waals surface area contributed by atoms with Gasteiger partial charge >= 0.3 is 6.09 Å². The molecule has 1 aliphatic heterocycles. The number of nitrogens with zero attached hydrogens (tertiary/aromatic N) is 4. The molecule has 34 heavy (non-hydrogen) atoms. The van der Waals surface area contributed by atoms with Crippen molar-refractivity contribution in [3.8, 4) is 16.2 Å². The van der Waals surface area contributed by atoms with Crippen LogP contribution in [0.3, 0.4) is 0 Å². The number of amides is 1. The van der Waals surface area contributed by atoms with Gasteiger partial charge in [-0.25, -0.2) is 14.8 Å². The fourth-order valence-corrected chi connectivity index (χ4v) is 5.90. The minimum Gasteiger partial charge on any atom is -0.495 e. The lowest BCUT2D eigenvalue weighted by atomic mass is 10.1. The van der Waals surface area contributed by atoms with Crippen molar-refractivity contribution in [3.05, 3.63) is 41.4 Å². The first-order valence-corrected chi connectivity index (χ1v) is 12.4. The number of carbonyl (C=O) groups is 1. The van der Waals surface area contributed by atoms with Crippen molar-refractivity contribution in [2.24, 2.45) is 0 Å². The van der Waals surface area contributed by atoms with Crippen molar-refractivity contribution < 1.29 is 14.3 Å². The lowest BCUT2D eigenvalue weighted by molar-refractivity contribution is 0.0289. The van der Waals surface area contributed by atoms with Gasteiger partial charge in [0.1, 0.15) is 28.5 Å². The molecule has 0 bridgehead atoms. The highest BCUT2D eigenvalue weighted by Gasteiger charge is 2.32. The molecular formula is C25H27ClN4O3S. The Morgan fingerprint density at radius 3 is 2.76 bits per heavy atom. The zero-order valence-electron chi connectivity index (χ0n) is 19.9. The molecule has 0 radical (unpaired) electrons. The number of aromatic nitrogens is 3. The summed E-state index contributed by atoms with van der Waals surface area (Å²) in [7, 11) is 1.70. The summed E-state index contributed by atoms with van der Waals surface area (Å²) in [5, 5.41) is 2.37. The van der Waals surface area contributed by atoms with Crippen LogP contribution in [0.25, 0.3) is 31.6 Å². The summed E-state index contributed by atoms with van der Waals surface area (Å²) in [6.07, 6.45) is 4.11. The molecule has 0 N–H and O–H groups in total. The van der Waals surface area contributed by atoms with Crippen molar-refractivity contribution in [1.29, 1.82) is 0 Å². The number of likely N-dealkylation sites (tertiary alicyclic amines) is 1. The number of benzene rings is 1. The monoisotopic (exact) mass is 498 g/mol. The zero-order valence-corrected chi connectivity index (χ0v) is 21.5. The molecule has 1 aromatic carbocycles. The molecule has 1 aliphatic rings. The van der Waals surface area contributed by atoms with Gasteiger partial charge in [-0.1, -0.05) is 17.7 Å². The van der Waals surface area contributed by atoms with Crippen molar-refractivity contribution in [2.75, 3.05) is 20.2 Å². The second kappa shape index (κ2) is 8.43. The Kier molecular flexibility index (Phi) is 5.68. The quantitative estimate of drug-likeness (QED) is 0.303. The standard InChI is InChI=1S/C25H27ClN4O3S/c1-14-8-15-10-19(34-21(15)18(9-14)32-5)17-12-30(23-20(17)22(26)27-13-28-23)16-6-7-29(11-16)24(31)33-25(2,3)4/h8-10,12-13,16H,6-7,11H2,1-5H3. The van der Waals surface area contributed by atoms with Crippen LogP contribution in [0.15, 0.2) is 30.7 Å². The molecule has 5 rings (SSSR count). The number of rotatable bonds is 3. The lowest BCUT2D eigenvalue weighted by Crippen LogP contribution is -2.35. The van der Waals surface area contributed by atoms with E-state index in [4.69, 9.17) is 21.1 Å². The summed E-state index contributed by atoms with van der Waals surface area (Å²) in [6.45, 7) is 8.89. The van der Waals surface area contributed by atoms with Crippen LogP contribution >= 0.6 is 22.9 Å². The normalized spacial score (nSPS) is 16.5. The maximum absolute atomic E-state index is 12.6. The van der Waals surface area contributed by atoms with Crippen molar-refractivity contribution in [3.63, 3.8) is 0 Å². The number of aryl methyl sites for hydroxylation is 1. The minimum absolute atomic E-state index is 0.0703. The van der Waals surface area contributed by atoms with Gasteiger partial charge in [0, 0.05) is 29.7 Å². The third kappa shape index (κ3) is 4.09. The first-order valence-electron chi connectivity index (χ1n) is 11.2. The molecule has 1 saturated heterocycles. The van der Waals surface area contributed by atoms with Crippen LogP contribution in [0, 0.1) is 6.92 Å². The average Bonchev–Trinajstić information content (AvgIpc) is 3.48. The lowest BCUT2D eigenvalue weighted by Gasteiger charge is -2.24. The van der Waals surface area contributed by atoms with Gasteiger partial charge in [0.25, 0.3) is 0 Å². The third-order valence-corrected chi connectivity index (χ3v) is 7.47. The predicted octanol–water partition coefficient (Wildman–Crippen LogP) is 6.47. The Bertz CT molecular complexity index is 1400. The van der Waals surface area contributed by atoms with E-state index >= 15 is 0 Å². The molecule has 4 aromatic rings. The van der Waals surface area contributed by atoms with Crippen LogP contribution < -0.4 is 4.74 Å². The maximum Gasteiger partial charge on any atom is 0.410 e. The minimum atomic E-state index is -0.524. The topological polar surface area (TPSA) is 69.5 Å². The highest BCUT2D eigenvalue weighted by atomic mass is 35.5. The Morgan fingerprint density at radius 2 is 2.03 bits per heavy atom. The molecule has 4 heterocycles. The molecule has 1 unspecified atom stereocenters. The Hall–Kier alpha value is -2.84. The van der Waals surface area contributed by atoms with E-state index in [1.165, 1.54) is 6.33 Å². The number of methoxy groups -OCH3 is 1. The number of hydrogen-bond donors (Lipinski definition) is 0. The molecule has 9 heteroatoms. The number of ether oxygens (including phenoxy) is 2. The van der Waals surface area contributed by atoms with Gasteiger partial charge in [-0.3, -0.25) is 0 Å². The van der Waals surface area contributed by atoms with Gasteiger partial charge in [0.15, 0.2) is 0 Å². The molecule has 0 spiro atoms. The SMILES string of the molecule is COc1cc(C)cc2cc(-c3cn(C4CCN(C(=O)OC(C)(C)C)C4)c4ncnc(Cl)c34)sc12. The van der Waals surface area contributed by atoms with E-state index in [0.29, 0.717) is 18.2 Å². The van der Waals surface area contributed by atoms with E-state index < -0.39 is 5.60 Å². The summed E-state index contributed by atoms with van der Waals surface area (Å²) in [5.41, 5.74) is 2.37. The Labute approximate surface area is 207 Å². The molecule has 7 nitrogen and oxygen atoms in total. The molecule has 1 atom stereocenters. The summed E-state index contributed by atoms with van der Waals surface area (Å²) in [4.78, 5) is 24.3. The fraction of sp³-hybridized carbons (Fsp3) is 0.400. The maximum atomic E-state index is 12.6. The Balaban J connectivity index is 1.56. The van der Waals surface area contributed by atoms with E-state index in [1.54, 1.807) is 23.3 Å². The first-order chi connectivity index (χ1) is 16.1. The van der Waals surface area contributed by atoms with Crippen LogP contribution in [0.4, 0.5) is 4.79 Å². The number of hydrogen-bond acceptors (Lipinski definition) is 6. The van der Waals surface area contributed by atoms with E-state index in [1.807, 2.05) is 26.8 Å². The highest BCUT2D eigenvalue weighted by Crippen LogP contribution is 2.44. The molecule has 3 aromatic heterocycles.